The van der Waals surface area contributed by atoms with Gasteiger partial charge in [0, 0.05) is 32.7 Å². The van der Waals surface area contributed by atoms with Gasteiger partial charge < -0.3 is 15.3 Å². The van der Waals surface area contributed by atoms with Gasteiger partial charge in [0.1, 0.15) is 0 Å². The van der Waals surface area contributed by atoms with Crippen LogP contribution in [0.25, 0.3) is 0 Å². The van der Waals surface area contributed by atoms with Crippen LogP contribution in [0.5, 0.6) is 0 Å². The summed E-state index contributed by atoms with van der Waals surface area (Å²) in [5.74, 6) is 0.281. The van der Waals surface area contributed by atoms with Crippen molar-refractivity contribution in [1.29, 1.82) is 0 Å². The number of hydrogen-bond donors (Lipinski definition) is 2. The van der Waals surface area contributed by atoms with Crippen LogP contribution in [0.15, 0.2) is 0 Å². The lowest BCUT2D eigenvalue weighted by molar-refractivity contribution is -0.127. The second kappa shape index (κ2) is 5.94. The van der Waals surface area contributed by atoms with E-state index >= 15 is 0 Å². The molecule has 0 aromatic rings. The van der Waals surface area contributed by atoms with Gasteiger partial charge in [-0.15, -0.1) is 0 Å². The molecule has 76 valence electrons. The number of likely N-dealkylation sites (tertiary alicyclic amines) is 1. The normalized spacial score (nSPS) is 17.0. The van der Waals surface area contributed by atoms with Crippen molar-refractivity contribution in [3.8, 4) is 0 Å². The fourth-order valence-electron chi connectivity index (χ4n) is 1.48. The number of aliphatic hydroxyl groups is 1. The van der Waals surface area contributed by atoms with Gasteiger partial charge in [0.05, 0.1) is 0 Å². The number of nitrogens with one attached hydrogen (secondary N) is 1. The minimum atomic E-state index is 0.232. The smallest absolute Gasteiger partial charge is 0.222 e. The molecular weight excluding hydrogens is 168 g/mol. The van der Waals surface area contributed by atoms with E-state index in [1.165, 1.54) is 0 Å². The van der Waals surface area contributed by atoms with E-state index < -0.39 is 0 Å². The van der Waals surface area contributed by atoms with Crippen LogP contribution in [0, 0.1) is 0 Å². The predicted molar refractivity (Wildman–Crippen MR) is 50.4 cm³/mol. The topological polar surface area (TPSA) is 52.6 Å². The number of nitrogens with zero attached hydrogens (tertiary/aromatic N) is 1. The largest absolute Gasteiger partial charge is 0.396 e. The first-order valence-corrected chi connectivity index (χ1v) is 4.94. The first kappa shape index (κ1) is 10.5. The molecule has 0 unspecified atom stereocenters. The Labute approximate surface area is 78.9 Å². The molecule has 1 rings (SSSR count). The molecule has 1 heterocycles. The molecule has 13 heavy (non-hydrogen) atoms. The zero-order valence-electron chi connectivity index (χ0n) is 7.96. The Hall–Kier alpha value is -0.610. The monoisotopic (exact) mass is 186 g/mol. The van der Waals surface area contributed by atoms with Crippen molar-refractivity contribution in [1.82, 2.24) is 10.2 Å². The van der Waals surface area contributed by atoms with Crippen LogP contribution in [0.1, 0.15) is 19.3 Å². The highest BCUT2D eigenvalue weighted by molar-refractivity contribution is 5.78. The summed E-state index contributed by atoms with van der Waals surface area (Å²) in [7, 11) is 0. The molecule has 0 radical (unpaired) electrons. The Balaban J connectivity index is 1.96. The van der Waals surface area contributed by atoms with E-state index in [1.807, 2.05) is 4.90 Å². The van der Waals surface area contributed by atoms with Crippen molar-refractivity contribution < 1.29 is 9.90 Å². The van der Waals surface area contributed by atoms with Gasteiger partial charge in [0.25, 0.3) is 0 Å². The maximum Gasteiger partial charge on any atom is 0.222 e. The highest BCUT2D eigenvalue weighted by atomic mass is 16.3. The van der Waals surface area contributed by atoms with E-state index in [-0.39, 0.29) is 12.5 Å². The summed E-state index contributed by atoms with van der Waals surface area (Å²) in [6.07, 6.45) is 2.51. The van der Waals surface area contributed by atoms with Gasteiger partial charge in [-0.25, -0.2) is 0 Å². The molecule has 1 aliphatic heterocycles. The van der Waals surface area contributed by atoms with E-state index in [0.29, 0.717) is 0 Å². The minimum absolute atomic E-state index is 0.232. The Morgan fingerprint density at radius 3 is 2.92 bits per heavy atom. The van der Waals surface area contributed by atoms with Crippen molar-refractivity contribution in [2.24, 2.45) is 0 Å². The SMILES string of the molecule is O=C1CCCN1CCNCCCO. The molecule has 0 bridgehead atoms. The molecular formula is C9H18N2O2. The number of hydrogen-bond acceptors (Lipinski definition) is 3. The average Bonchev–Trinajstić information content (AvgIpc) is 2.52. The van der Waals surface area contributed by atoms with Crippen LogP contribution >= 0.6 is 0 Å². The first-order valence-electron chi connectivity index (χ1n) is 4.94. The highest BCUT2D eigenvalue weighted by Gasteiger charge is 2.18. The maximum absolute atomic E-state index is 11.2. The van der Waals surface area contributed by atoms with E-state index in [2.05, 4.69) is 5.32 Å². The lowest BCUT2D eigenvalue weighted by Crippen LogP contribution is -2.33. The third-order valence-corrected chi connectivity index (χ3v) is 2.24. The predicted octanol–water partition coefficient (Wildman–Crippen LogP) is -0.419. The molecule has 0 saturated carbocycles. The zero-order chi connectivity index (χ0) is 9.52. The van der Waals surface area contributed by atoms with Crippen LogP contribution in [-0.4, -0.2) is 48.7 Å². The van der Waals surface area contributed by atoms with Gasteiger partial charge in [-0.2, -0.15) is 0 Å². The molecule has 4 nitrogen and oxygen atoms in total. The third-order valence-electron chi connectivity index (χ3n) is 2.24. The molecule has 0 atom stereocenters. The third kappa shape index (κ3) is 3.74. The first-order chi connectivity index (χ1) is 6.34. The number of amides is 1. The van der Waals surface area contributed by atoms with Crippen molar-refractivity contribution >= 4 is 5.91 Å². The van der Waals surface area contributed by atoms with Crippen molar-refractivity contribution in [2.45, 2.75) is 19.3 Å². The molecule has 0 aromatic heterocycles. The lowest BCUT2D eigenvalue weighted by Gasteiger charge is -2.15. The molecule has 0 aliphatic carbocycles. The molecule has 2 N–H and O–H groups in total. The standard InChI is InChI=1S/C9H18N2O2/c12-8-2-4-10-5-7-11-6-1-3-9(11)13/h10,12H,1-8H2. The fourth-order valence-corrected chi connectivity index (χ4v) is 1.48. The van der Waals surface area contributed by atoms with Crippen molar-refractivity contribution in [2.75, 3.05) is 32.8 Å². The summed E-state index contributed by atoms with van der Waals surface area (Å²) in [6.45, 7) is 3.63. The van der Waals surface area contributed by atoms with Crippen LogP contribution in [0.3, 0.4) is 0 Å². The molecule has 1 fully saturated rings. The molecule has 0 aromatic carbocycles. The van der Waals surface area contributed by atoms with E-state index in [1.54, 1.807) is 0 Å². The average molecular weight is 186 g/mol. The summed E-state index contributed by atoms with van der Waals surface area (Å²) in [5, 5.41) is 11.7. The van der Waals surface area contributed by atoms with Gasteiger partial charge in [0.15, 0.2) is 0 Å². The van der Waals surface area contributed by atoms with Gasteiger partial charge in [0.2, 0.25) is 5.91 Å². The van der Waals surface area contributed by atoms with Gasteiger partial charge in [-0.3, -0.25) is 4.79 Å². The fraction of sp³-hybridized carbons (Fsp3) is 0.889. The molecule has 1 saturated heterocycles. The summed E-state index contributed by atoms with van der Waals surface area (Å²) in [5.41, 5.74) is 0. The van der Waals surface area contributed by atoms with Crippen LogP contribution in [0.2, 0.25) is 0 Å². The zero-order valence-corrected chi connectivity index (χ0v) is 7.96. The minimum Gasteiger partial charge on any atom is -0.396 e. The van der Waals surface area contributed by atoms with E-state index in [9.17, 15) is 4.79 Å². The van der Waals surface area contributed by atoms with Crippen molar-refractivity contribution in [3.63, 3.8) is 0 Å². The Morgan fingerprint density at radius 2 is 2.31 bits per heavy atom. The van der Waals surface area contributed by atoms with E-state index in [0.717, 1.165) is 45.4 Å². The second-order valence-electron chi connectivity index (χ2n) is 3.31. The molecule has 0 spiro atoms. The van der Waals surface area contributed by atoms with Crippen LogP contribution in [-0.2, 0) is 4.79 Å². The molecule has 1 aliphatic rings. The van der Waals surface area contributed by atoms with Crippen molar-refractivity contribution in [3.05, 3.63) is 0 Å². The molecule has 1 amide bonds. The lowest BCUT2D eigenvalue weighted by atomic mass is 10.4. The number of rotatable bonds is 6. The summed E-state index contributed by atoms with van der Waals surface area (Å²) < 4.78 is 0. The Bertz CT molecular complexity index is 162. The van der Waals surface area contributed by atoms with Crippen LogP contribution in [0.4, 0.5) is 0 Å². The van der Waals surface area contributed by atoms with Gasteiger partial charge in [-0.1, -0.05) is 0 Å². The number of carbonyl (C=O) groups is 1. The van der Waals surface area contributed by atoms with Gasteiger partial charge >= 0.3 is 0 Å². The van der Waals surface area contributed by atoms with E-state index in [4.69, 9.17) is 5.11 Å². The Morgan fingerprint density at radius 1 is 1.46 bits per heavy atom. The molecule has 4 heteroatoms. The quantitative estimate of drug-likeness (QED) is 0.554. The highest BCUT2D eigenvalue weighted by Crippen LogP contribution is 2.07. The van der Waals surface area contributed by atoms with Crippen LogP contribution < -0.4 is 5.32 Å². The summed E-state index contributed by atoms with van der Waals surface area (Å²) in [4.78, 5) is 13.0. The Kier molecular flexibility index (Phi) is 4.78. The maximum atomic E-state index is 11.2. The summed E-state index contributed by atoms with van der Waals surface area (Å²) >= 11 is 0. The summed E-state index contributed by atoms with van der Waals surface area (Å²) in [6, 6.07) is 0. The number of carbonyl (C=O) groups excluding carboxylic acids is 1. The second-order valence-corrected chi connectivity index (χ2v) is 3.31. The van der Waals surface area contributed by atoms with Gasteiger partial charge in [-0.05, 0) is 19.4 Å². The number of aliphatic hydroxyl groups excluding tert-OH is 1.